The molecule has 0 fully saturated rings. The summed E-state index contributed by atoms with van der Waals surface area (Å²) < 4.78 is 10.4. The highest BCUT2D eigenvalue weighted by Gasteiger charge is 2.12. The lowest BCUT2D eigenvalue weighted by molar-refractivity contribution is 0.174. The van der Waals surface area contributed by atoms with Gasteiger partial charge >= 0.3 is 0 Å². The summed E-state index contributed by atoms with van der Waals surface area (Å²) in [5.74, 6) is 1.67. The van der Waals surface area contributed by atoms with Crippen molar-refractivity contribution in [1.29, 1.82) is 0 Å². The van der Waals surface area contributed by atoms with Crippen LogP contribution < -0.4 is 9.47 Å². The molecule has 0 saturated heterocycles. The number of fused-ring (bicyclic) bond motifs is 1. The van der Waals surface area contributed by atoms with Crippen LogP contribution in [0.15, 0.2) is 23.1 Å². The smallest absolute Gasteiger partial charge is 0.231 e. The molecule has 1 aromatic rings. The fourth-order valence-electron chi connectivity index (χ4n) is 1.04. The van der Waals surface area contributed by atoms with Crippen LogP contribution in [0.2, 0.25) is 0 Å². The topological polar surface area (TPSA) is 18.5 Å². The summed E-state index contributed by atoms with van der Waals surface area (Å²) in [5, 5.41) is 0.777. The normalized spacial score (nSPS) is 13.4. The molecule has 0 spiro atoms. The third-order valence-electron chi connectivity index (χ3n) is 1.58. The summed E-state index contributed by atoms with van der Waals surface area (Å²) in [4.78, 5) is 1.16. The molecule has 4 heteroatoms. The van der Waals surface area contributed by atoms with Gasteiger partial charge in [0.05, 0.1) is 0 Å². The Kier molecular flexibility index (Phi) is 2.37. The van der Waals surface area contributed by atoms with Crippen molar-refractivity contribution < 1.29 is 9.47 Å². The van der Waals surface area contributed by atoms with Crippen molar-refractivity contribution in [3.8, 4) is 11.5 Å². The van der Waals surface area contributed by atoms with E-state index in [0.29, 0.717) is 6.79 Å². The Bertz CT molecular complexity index is 288. The van der Waals surface area contributed by atoms with E-state index in [1.807, 2.05) is 18.2 Å². The molecule has 1 aliphatic rings. The summed E-state index contributed by atoms with van der Waals surface area (Å²) in [5.41, 5.74) is 0. The van der Waals surface area contributed by atoms with Gasteiger partial charge < -0.3 is 9.47 Å². The Labute approximate surface area is 80.7 Å². The SMILES string of the molecule is SCSc1ccc2c(c1)OCO2. The molecule has 0 amide bonds. The standard InChI is InChI=1S/C8H8O2S2/c11-5-12-6-1-2-7-8(3-6)10-4-9-7/h1-3,11H,4-5H2. The van der Waals surface area contributed by atoms with Crippen molar-refractivity contribution in [3.63, 3.8) is 0 Å². The van der Waals surface area contributed by atoms with E-state index in [4.69, 9.17) is 9.47 Å². The summed E-state index contributed by atoms with van der Waals surface area (Å²) in [6, 6.07) is 5.91. The van der Waals surface area contributed by atoms with Gasteiger partial charge in [0.25, 0.3) is 0 Å². The predicted octanol–water partition coefficient (Wildman–Crippen LogP) is 2.39. The fraction of sp³-hybridized carbons (Fsp3) is 0.250. The Morgan fingerprint density at radius 1 is 1.33 bits per heavy atom. The van der Waals surface area contributed by atoms with Gasteiger partial charge in [0, 0.05) is 9.98 Å². The minimum Gasteiger partial charge on any atom is -0.454 e. The van der Waals surface area contributed by atoms with Crippen molar-refractivity contribution in [1.82, 2.24) is 0 Å². The Hall–Kier alpha value is -0.480. The first-order chi connectivity index (χ1) is 5.90. The van der Waals surface area contributed by atoms with Crippen LogP contribution in [0, 0.1) is 0 Å². The molecule has 0 N–H and O–H groups in total. The number of benzene rings is 1. The summed E-state index contributed by atoms with van der Waals surface area (Å²) in [6.45, 7) is 0.338. The number of hydrogen-bond donors (Lipinski definition) is 1. The molecule has 0 saturated carbocycles. The molecule has 0 aromatic heterocycles. The minimum absolute atomic E-state index is 0.338. The number of thiol groups is 1. The van der Waals surface area contributed by atoms with Crippen LogP contribution in [0.5, 0.6) is 11.5 Å². The molecule has 0 unspecified atom stereocenters. The first-order valence-corrected chi connectivity index (χ1v) is 5.15. The van der Waals surface area contributed by atoms with Crippen LogP contribution in [0.3, 0.4) is 0 Å². The second-order valence-electron chi connectivity index (χ2n) is 2.29. The molecular formula is C8H8O2S2. The van der Waals surface area contributed by atoms with Crippen molar-refractivity contribution in [3.05, 3.63) is 18.2 Å². The molecule has 1 heterocycles. The molecule has 2 rings (SSSR count). The monoisotopic (exact) mass is 200 g/mol. The second-order valence-corrected chi connectivity index (χ2v) is 4.08. The average Bonchev–Trinajstić information content (AvgIpc) is 2.51. The Balaban J connectivity index is 2.26. The Morgan fingerprint density at radius 3 is 3.00 bits per heavy atom. The highest BCUT2D eigenvalue weighted by Crippen LogP contribution is 2.35. The second kappa shape index (κ2) is 3.49. The van der Waals surface area contributed by atoms with Gasteiger partial charge in [-0.25, -0.2) is 0 Å². The summed E-state index contributed by atoms with van der Waals surface area (Å²) in [7, 11) is 0. The maximum Gasteiger partial charge on any atom is 0.231 e. The number of rotatable bonds is 2. The van der Waals surface area contributed by atoms with Gasteiger partial charge in [0.2, 0.25) is 6.79 Å². The first kappa shape index (κ1) is 8.13. The average molecular weight is 200 g/mol. The van der Waals surface area contributed by atoms with E-state index < -0.39 is 0 Å². The van der Waals surface area contributed by atoms with E-state index in [0.717, 1.165) is 21.5 Å². The van der Waals surface area contributed by atoms with Crippen molar-refractivity contribution >= 4 is 24.4 Å². The molecular weight excluding hydrogens is 192 g/mol. The maximum atomic E-state index is 5.22. The van der Waals surface area contributed by atoms with Crippen molar-refractivity contribution in [2.75, 3.05) is 11.9 Å². The van der Waals surface area contributed by atoms with Crippen LogP contribution >= 0.6 is 24.4 Å². The van der Waals surface area contributed by atoms with Crippen LogP contribution in [-0.2, 0) is 0 Å². The predicted molar refractivity (Wildman–Crippen MR) is 52.3 cm³/mol. The lowest BCUT2D eigenvalue weighted by Gasteiger charge is -1.99. The minimum atomic E-state index is 0.338. The van der Waals surface area contributed by atoms with E-state index >= 15 is 0 Å². The molecule has 64 valence electrons. The fourth-order valence-corrected chi connectivity index (χ4v) is 1.99. The summed E-state index contributed by atoms with van der Waals surface area (Å²) >= 11 is 5.80. The van der Waals surface area contributed by atoms with Gasteiger partial charge in [-0.05, 0) is 18.2 Å². The lowest BCUT2D eigenvalue weighted by atomic mass is 10.3. The van der Waals surface area contributed by atoms with E-state index in [1.165, 1.54) is 0 Å². The van der Waals surface area contributed by atoms with Gasteiger partial charge in [0.15, 0.2) is 11.5 Å². The van der Waals surface area contributed by atoms with E-state index in [-0.39, 0.29) is 0 Å². The van der Waals surface area contributed by atoms with E-state index in [1.54, 1.807) is 11.8 Å². The number of hydrogen-bond acceptors (Lipinski definition) is 4. The van der Waals surface area contributed by atoms with Crippen LogP contribution in [0.25, 0.3) is 0 Å². The van der Waals surface area contributed by atoms with Gasteiger partial charge in [-0.15, -0.1) is 11.8 Å². The highest BCUT2D eigenvalue weighted by atomic mass is 32.2. The third-order valence-corrected chi connectivity index (χ3v) is 2.68. The van der Waals surface area contributed by atoms with Crippen LogP contribution in [-0.4, -0.2) is 11.9 Å². The van der Waals surface area contributed by atoms with Crippen LogP contribution in [0.4, 0.5) is 0 Å². The lowest BCUT2D eigenvalue weighted by Crippen LogP contribution is -1.92. The maximum absolute atomic E-state index is 5.22. The zero-order chi connectivity index (χ0) is 8.39. The van der Waals surface area contributed by atoms with Gasteiger partial charge in [-0.3, -0.25) is 0 Å². The molecule has 0 atom stereocenters. The molecule has 1 aromatic carbocycles. The largest absolute Gasteiger partial charge is 0.454 e. The van der Waals surface area contributed by atoms with E-state index in [9.17, 15) is 0 Å². The Morgan fingerprint density at radius 2 is 2.17 bits per heavy atom. The molecule has 0 aliphatic carbocycles. The molecule has 12 heavy (non-hydrogen) atoms. The highest BCUT2D eigenvalue weighted by molar-refractivity contribution is 8.09. The van der Waals surface area contributed by atoms with Gasteiger partial charge in [0.1, 0.15) is 0 Å². The zero-order valence-corrected chi connectivity index (χ0v) is 8.03. The number of ether oxygens (including phenoxy) is 2. The molecule has 0 radical (unpaired) electrons. The molecule has 0 bridgehead atoms. The van der Waals surface area contributed by atoms with Crippen LogP contribution in [0.1, 0.15) is 0 Å². The zero-order valence-electron chi connectivity index (χ0n) is 6.32. The van der Waals surface area contributed by atoms with Crippen molar-refractivity contribution in [2.45, 2.75) is 4.90 Å². The van der Waals surface area contributed by atoms with Gasteiger partial charge in [-0.1, -0.05) is 0 Å². The van der Waals surface area contributed by atoms with Crippen molar-refractivity contribution in [2.24, 2.45) is 0 Å². The summed E-state index contributed by atoms with van der Waals surface area (Å²) in [6.07, 6.45) is 0. The van der Waals surface area contributed by atoms with E-state index in [2.05, 4.69) is 12.6 Å². The first-order valence-electron chi connectivity index (χ1n) is 3.53. The quantitative estimate of drug-likeness (QED) is 0.449. The van der Waals surface area contributed by atoms with Gasteiger partial charge in [-0.2, -0.15) is 12.6 Å². The third kappa shape index (κ3) is 1.49. The molecule has 2 nitrogen and oxygen atoms in total. The number of thioether (sulfide) groups is 1. The molecule has 1 aliphatic heterocycles.